The quantitative estimate of drug-likeness (QED) is 0.328. The molecule has 3 atom stereocenters. The lowest BCUT2D eigenvalue weighted by atomic mass is 9.55. The second-order valence-corrected chi connectivity index (χ2v) is 10.7. The number of aryl methyl sites for hydroxylation is 1. The molecule has 5 heteroatoms. The van der Waals surface area contributed by atoms with Crippen molar-refractivity contribution in [3.8, 4) is 5.75 Å². The average molecular weight is 491 g/mol. The number of carbonyl (C=O) groups is 1. The summed E-state index contributed by atoms with van der Waals surface area (Å²) in [5.74, 6) is 0.432. The van der Waals surface area contributed by atoms with Crippen molar-refractivity contribution in [2.24, 2.45) is 0 Å². The molecule has 0 bridgehead atoms. The first-order valence-electron chi connectivity index (χ1n) is 13.5. The van der Waals surface area contributed by atoms with Gasteiger partial charge < -0.3 is 15.2 Å². The molecule has 194 valence electrons. The van der Waals surface area contributed by atoms with Crippen LogP contribution < -0.4 is 5.32 Å². The summed E-state index contributed by atoms with van der Waals surface area (Å²) < 4.78 is 6.37. The van der Waals surface area contributed by atoms with Crippen LogP contribution in [0.4, 0.5) is 0 Å². The third-order valence-corrected chi connectivity index (χ3v) is 8.45. The lowest BCUT2D eigenvalue weighted by Crippen LogP contribution is -2.67. The van der Waals surface area contributed by atoms with Gasteiger partial charge >= 0.3 is 0 Å². The van der Waals surface area contributed by atoms with Crippen molar-refractivity contribution in [3.05, 3.63) is 78.4 Å². The van der Waals surface area contributed by atoms with Crippen molar-refractivity contribution in [1.29, 1.82) is 0 Å². The Morgan fingerprint density at radius 3 is 2.75 bits per heavy atom. The molecule has 0 aromatic heterocycles. The molecule has 1 aliphatic heterocycles. The molecule has 2 aromatic carbocycles. The van der Waals surface area contributed by atoms with Gasteiger partial charge in [0.25, 0.3) is 0 Å². The Hall–Kier alpha value is -2.63. The number of methoxy groups -OCH3 is 1. The number of nitrogens with one attached hydrogen (secondary N) is 1. The number of piperidine rings is 1. The van der Waals surface area contributed by atoms with Crippen molar-refractivity contribution in [3.63, 3.8) is 0 Å². The summed E-state index contributed by atoms with van der Waals surface area (Å²) >= 11 is 0. The first kappa shape index (κ1) is 26.4. The smallest absolute Gasteiger partial charge is 0.220 e. The average Bonchev–Trinajstić information content (AvgIpc) is 2.89. The minimum absolute atomic E-state index is 0.110. The number of phenols is 1. The molecule has 2 fully saturated rings. The Morgan fingerprint density at radius 2 is 2.00 bits per heavy atom. The van der Waals surface area contributed by atoms with Crippen molar-refractivity contribution in [2.75, 3.05) is 26.7 Å². The van der Waals surface area contributed by atoms with Crippen LogP contribution in [0, 0.1) is 0 Å². The van der Waals surface area contributed by atoms with E-state index < -0.39 is 0 Å². The van der Waals surface area contributed by atoms with E-state index in [0.29, 0.717) is 6.42 Å². The first-order valence-corrected chi connectivity index (χ1v) is 13.5. The Balaban J connectivity index is 1.39. The molecule has 1 heterocycles. The standard InChI is InChI=1S/C31H42N2O3/c1-3-20-33-21-19-30(26-14-10-15-28(34)22-26)23-27(17-18-31(30,24-33)36-2)32-29(35)16-9-5-8-13-25-11-6-4-7-12-25/h3-4,6-7,10-12,14-15,22,27,34H,1,5,8-9,13,16-21,23-24H2,2H3,(H,32,35)/t27-,30+,31+/m1/s1. The summed E-state index contributed by atoms with van der Waals surface area (Å²) in [4.78, 5) is 15.3. The van der Waals surface area contributed by atoms with Crippen molar-refractivity contribution in [2.45, 2.75) is 74.8 Å². The number of ether oxygens (including phenoxy) is 1. The maximum absolute atomic E-state index is 12.9. The van der Waals surface area contributed by atoms with Crippen LogP contribution in [0.5, 0.6) is 5.75 Å². The number of amides is 1. The number of fused-ring (bicyclic) bond motifs is 1. The number of hydrogen-bond acceptors (Lipinski definition) is 4. The maximum Gasteiger partial charge on any atom is 0.220 e. The summed E-state index contributed by atoms with van der Waals surface area (Å²) in [5.41, 5.74) is 1.86. The number of hydrogen-bond donors (Lipinski definition) is 2. The van der Waals surface area contributed by atoms with Crippen LogP contribution in [0.15, 0.2) is 67.3 Å². The molecule has 2 N–H and O–H groups in total. The largest absolute Gasteiger partial charge is 0.508 e. The normalized spacial score (nSPS) is 26.2. The number of benzene rings is 2. The molecule has 1 saturated carbocycles. The zero-order valence-electron chi connectivity index (χ0n) is 21.8. The van der Waals surface area contributed by atoms with E-state index in [9.17, 15) is 9.90 Å². The molecule has 2 aliphatic rings. The van der Waals surface area contributed by atoms with E-state index in [2.05, 4.69) is 47.1 Å². The number of aromatic hydroxyl groups is 1. The van der Waals surface area contributed by atoms with Crippen LogP contribution in [-0.4, -0.2) is 54.3 Å². The Morgan fingerprint density at radius 1 is 1.17 bits per heavy atom. The van der Waals surface area contributed by atoms with Gasteiger partial charge in [-0.25, -0.2) is 0 Å². The van der Waals surface area contributed by atoms with Gasteiger partial charge in [0.15, 0.2) is 0 Å². The van der Waals surface area contributed by atoms with Gasteiger partial charge in [-0.15, -0.1) is 6.58 Å². The first-order chi connectivity index (χ1) is 17.5. The molecule has 4 rings (SSSR count). The molecule has 36 heavy (non-hydrogen) atoms. The fourth-order valence-electron chi connectivity index (χ4n) is 6.59. The molecule has 0 radical (unpaired) electrons. The summed E-state index contributed by atoms with van der Waals surface area (Å²) in [6, 6.07) is 18.3. The highest BCUT2D eigenvalue weighted by Crippen LogP contribution is 2.53. The number of carbonyl (C=O) groups excluding carboxylic acids is 1. The van der Waals surface area contributed by atoms with E-state index in [0.717, 1.165) is 76.6 Å². The zero-order chi connectivity index (χ0) is 25.4. The second-order valence-electron chi connectivity index (χ2n) is 10.7. The van der Waals surface area contributed by atoms with Gasteiger partial charge in [-0.3, -0.25) is 9.69 Å². The molecule has 0 spiro atoms. The zero-order valence-corrected chi connectivity index (χ0v) is 21.8. The van der Waals surface area contributed by atoms with Crippen molar-refractivity contribution in [1.82, 2.24) is 10.2 Å². The van der Waals surface area contributed by atoms with Crippen molar-refractivity contribution < 1.29 is 14.6 Å². The second kappa shape index (κ2) is 12.1. The number of rotatable bonds is 11. The number of unbranched alkanes of at least 4 members (excludes halogenated alkanes) is 2. The molecule has 1 aliphatic carbocycles. The topological polar surface area (TPSA) is 61.8 Å². The van der Waals surface area contributed by atoms with Crippen molar-refractivity contribution >= 4 is 5.91 Å². The molecule has 1 amide bonds. The van der Waals surface area contributed by atoms with Gasteiger partial charge in [0.05, 0.1) is 5.60 Å². The fourth-order valence-corrected chi connectivity index (χ4v) is 6.59. The Kier molecular flexibility index (Phi) is 8.86. The van der Waals surface area contributed by atoms with Crippen LogP contribution in [0.3, 0.4) is 0 Å². The van der Waals surface area contributed by atoms with E-state index in [-0.39, 0.29) is 28.7 Å². The molecule has 5 nitrogen and oxygen atoms in total. The summed E-state index contributed by atoms with van der Waals surface area (Å²) in [5, 5.41) is 13.7. The van der Waals surface area contributed by atoms with E-state index in [4.69, 9.17) is 4.74 Å². The highest BCUT2D eigenvalue weighted by atomic mass is 16.5. The van der Waals surface area contributed by atoms with Crippen LogP contribution in [0.1, 0.15) is 62.5 Å². The van der Waals surface area contributed by atoms with Gasteiger partial charge in [0.2, 0.25) is 5.91 Å². The Labute approximate surface area is 216 Å². The monoisotopic (exact) mass is 490 g/mol. The maximum atomic E-state index is 12.9. The summed E-state index contributed by atoms with van der Waals surface area (Å²) in [6.45, 7) is 6.53. The highest BCUT2D eigenvalue weighted by Gasteiger charge is 2.58. The minimum Gasteiger partial charge on any atom is -0.508 e. The Bertz CT molecular complexity index is 1010. The lowest BCUT2D eigenvalue weighted by Gasteiger charge is -2.59. The third-order valence-electron chi connectivity index (χ3n) is 8.45. The van der Waals surface area contributed by atoms with Gasteiger partial charge in [-0.1, -0.05) is 55.0 Å². The van der Waals surface area contributed by atoms with E-state index in [1.165, 1.54) is 5.56 Å². The van der Waals surface area contributed by atoms with Crippen LogP contribution in [-0.2, 0) is 21.4 Å². The minimum atomic E-state index is -0.360. The summed E-state index contributed by atoms with van der Waals surface area (Å²) in [6.07, 6.45) is 10.2. The molecular weight excluding hydrogens is 448 g/mol. The van der Waals surface area contributed by atoms with Crippen LogP contribution in [0.2, 0.25) is 0 Å². The van der Waals surface area contributed by atoms with Gasteiger partial charge in [-0.05, 0) is 74.8 Å². The molecule has 0 unspecified atom stereocenters. The molecular formula is C31H42N2O3. The van der Waals surface area contributed by atoms with E-state index >= 15 is 0 Å². The van der Waals surface area contributed by atoms with E-state index in [1.807, 2.05) is 31.4 Å². The lowest BCUT2D eigenvalue weighted by molar-refractivity contribution is -0.149. The summed E-state index contributed by atoms with van der Waals surface area (Å²) in [7, 11) is 1.82. The van der Waals surface area contributed by atoms with Gasteiger partial charge in [0.1, 0.15) is 5.75 Å². The number of likely N-dealkylation sites (tertiary alicyclic amines) is 1. The predicted octanol–water partition coefficient (Wildman–Crippen LogP) is 5.38. The van der Waals surface area contributed by atoms with Gasteiger partial charge in [-0.2, -0.15) is 0 Å². The predicted molar refractivity (Wildman–Crippen MR) is 145 cm³/mol. The fraction of sp³-hybridized carbons (Fsp3) is 0.516. The van der Waals surface area contributed by atoms with Crippen LogP contribution >= 0.6 is 0 Å². The van der Waals surface area contributed by atoms with Gasteiger partial charge in [0, 0.05) is 38.1 Å². The van der Waals surface area contributed by atoms with Crippen LogP contribution in [0.25, 0.3) is 0 Å². The highest BCUT2D eigenvalue weighted by molar-refractivity contribution is 5.76. The molecule has 1 saturated heterocycles. The number of nitrogens with zero attached hydrogens (tertiary/aromatic N) is 1. The number of phenolic OH excluding ortho intramolecular Hbond substituents is 1. The molecule has 2 aromatic rings. The third kappa shape index (κ3) is 5.84. The van der Waals surface area contributed by atoms with E-state index in [1.54, 1.807) is 6.07 Å². The SMILES string of the molecule is C=CCN1CC[C@@]2(c3cccc(O)c3)C[C@H](NC(=O)CCCCCc3ccccc3)CC[C@]2(OC)C1.